The predicted octanol–water partition coefficient (Wildman–Crippen LogP) is 2.81. The van der Waals surface area contributed by atoms with Crippen LogP contribution in [0.3, 0.4) is 0 Å². The lowest BCUT2D eigenvalue weighted by atomic mass is 10.0. The Kier molecular flexibility index (Phi) is 4.59. The van der Waals surface area contributed by atoms with Crippen LogP contribution in [0.2, 0.25) is 0 Å². The minimum absolute atomic E-state index is 0.0952. The molecule has 0 aromatic rings. The summed E-state index contributed by atoms with van der Waals surface area (Å²) < 4.78 is 5.24. The van der Waals surface area contributed by atoms with Crippen LogP contribution in [0.4, 0.5) is 0 Å². The number of hydrogen-bond acceptors (Lipinski definition) is 2. The molecule has 0 heterocycles. The first-order valence-electron chi connectivity index (χ1n) is 5.70. The molecule has 2 nitrogen and oxygen atoms in total. The van der Waals surface area contributed by atoms with Crippen LogP contribution in [0.25, 0.3) is 0 Å². The van der Waals surface area contributed by atoms with Crippen LogP contribution in [0.15, 0.2) is 0 Å². The van der Waals surface area contributed by atoms with Gasteiger partial charge in [0.2, 0.25) is 0 Å². The molecule has 14 heavy (non-hydrogen) atoms. The van der Waals surface area contributed by atoms with Gasteiger partial charge in [-0.2, -0.15) is 0 Å². The standard InChI is InChI=1S/C12H22O2/c1-9(2)5-4-6-11(13)12(14-3)10-7-8-10/h9-10,12H,4-8H2,1-3H3. The lowest BCUT2D eigenvalue weighted by molar-refractivity contribution is -0.130. The number of carbonyl (C=O) groups is 1. The van der Waals surface area contributed by atoms with Gasteiger partial charge >= 0.3 is 0 Å². The summed E-state index contributed by atoms with van der Waals surface area (Å²) in [5.74, 6) is 1.55. The molecule has 0 amide bonds. The number of carbonyl (C=O) groups excluding carboxylic acids is 1. The van der Waals surface area contributed by atoms with Crippen LogP contribution in [-0.4, -0.2) is 19.0 Å². The third-order valence-corrected chi connectivity index (χ3v) is 2.83. The second-order valence-corrected chi connectivity index (χ2v) is 4.75. The van der Waals surface area contributed by atoms with Gasteiger partial charge in [-0.3, -0.25) is 4.79 Å². The fourth-order valence-corrected chi connectivity index (χ4v) is 1.81. The summed E-state index contributed by atoms with van der Waals surface area (Å²) in [4.78, 5) is 11.7. The van der Waals surface area contributed by atoms with E-state index in [1.807, 2.05) is 0 Å². The Labute approximate surface area is 87.0 Å². The smallest absolute Gasteiger partial charge is 0.161 e. The second-order valence-electron chi connectivity index (χ2n) is 4.75. The van der Waals surface area contributed by atoms with Crippen LogP contribution in [-0.2, 0) is 9.53 Å². The molecular formula is C12H22O2. The molecule has 1 saturated carbocycles. The number of Topliss-reactive ketones (excluding diaryl/α,β-unsaturated/α-hetero) is 1. The number of hydrogen-bond donors (Lipinski definition) is 0. The van der Waals surface area contributed by atoms with Crippen molar-refractivity contribution in [2.24, 2.45) is 11.8 Å². The Balaban J connectivity index is 2.18. The largest absolute Gasteiger partial charge is 0.373 e. The van der Waals surface area contributed by atoms with Gasteiger partial charge in [0.15, 0.2) is 5.78 Å². The van der Waals surface area contributed by atoms with Gasteiger partial charge in [0.25, 0.3) is 0 Å². The van der Waals surface area contributed by atoms with E-state index in [1.54, 1.807) is 7.11 Å². The minimum atomic E-state index is -0.0952. The lowest BCUT2D eigenvalue weighted by Crippen LogP contribution is -2.24. The monoisotopic (exact) mass is 198 g/mol. The lowest BCUT2D eigenvalue weighted by Gasteiger charge is -2.13. The van der Waals surface area contributed by atoms with E-state index in [0.717, 1.165) is 12.8 Å². The normalized spacial score (nSPS) is 18.6. The van der Waals surface area contributed by atoms with Crippen molar-refractivity contribution in [2.75, 3.05) is 7.11 Å². The zero-order chi connectivity index (χ0) is 10.6. The van der Waals surface area contributed by atoms with E-state index in [4.69, 9.17) is 4.74 Å². The molecule has 82 valence electrons. The molecule has 0 N–H and O–H groups in total. The van der Waals surface area contributed by atoms with E-state index < -0.39 is 0 Å². The molecular weight excluding hydrogens is 176 g/mol. The SMILES string of the molecule is COC(C(=O)CCCC(C)C)C1CC1. The number of methoxy groups -OCH3 is 1. The molecule has 2 heteroatoms. The first kappa shape index (κ1) is 11.7. The van der Waals surface area contributed by atoms with Crippen molar-refractivity contribution < 1.29 is 9.53 Å². The fourth-order valence-electron chi connectivity index (χ4n) is 1.81. The highest BCUT2D eigenvalue weighted by Crippen LogP contribution is 2.35. The van der Waals surface area contributed by atoms with E-state index in [9.17, 15) is 4.79 Å². The molecule has 0 aliphatic heterocycles. The van der Waals surface area contributed by atoms with Crippen LogP contribution < -0.4 is 0 Å². The van der Waals surface area contributed by atoms with Gasteiger partial charge in [0.1, 0.15) is 6.10 Å². The molecule has 1 atom stereocenters. The third kappa shape index (κ3) is 3.79. The summed E-state index contributed by atoms with van der Waals surface area (Å²) in [6, 6.07) is 0. The maximum atomic E-state index is 11.7. The summed E-state index contributed by atoms with van der Waals surface area (Å²) in [5.41, 5.74) is 0. The molecule has 1 aliphatic carbocycles. The summed E-state index contributed by atoms with van der Waals surface area (Å²) in [6.07, 6.45) is 5.12. The zero-order valence-corrected chi connectivity index (χ0v) is 9.58. The highest BCUT2D eigenvalue weighted by atomic mass is 16.5. The fraction of sp³-hybridized carbons (Fsp3) is 0.917. The molecule has 1 fully saturated rings. The first-order chi connectivity index (χ1) is 6.65. The van der Waals surface area contributed by atoms with Crippen molar-refractivity contribution in [3.63, 3.8) is 0 Å². The Morgan fingerprint density at radius 1 is 1.43 bits per heavy atom. The third-order valence-electron chi connectivity index (χ3n) is 2.83. The molecule has 1 aliphatic rings. The summed E-state index contributed by atoms with van der Waals surface area (Å²) in [5, 5.41) is 0. The van der Waals surface area contributed by atoms with Crippen molar-refractivity contribution in [3.05, 3.63) is 0 Å². The Hall–Kier alpha value is -0.370. The van der Waals surface area contributed by atoms with Crippen LogP contribution in [0.5, 0.6) is 0 Å². The summed E-state index contributed by atoms with van der Waals surface area (Å²) in [6.45, 7) is 4.39. The minimum Gasteiger partial charge on any atom is -0.373 e. The van der Waals surface area contributed by atoms with E-state index in [2.05, 4.69) is 13.8 Å². The summed E-state index contributed by atoms with van der Waals surface area (Å²) >= 11 is 0. The summed E-state index contributed by atoms with van der Waals surface area (Å²) in [7, 11) is 1.66. The van der Waals surface area contributed by atoms with Crippen molar-refractivity contribution in [1.29, 1.82) is 0 Å². The van der Waals surface area contributed by atoms with Crippen LogP contribution in [0.1, 0.15) is 46.0 Å². The maximum absolute atomic E-state index is 11.7. The Morgan fingerprint density at radius 3 is 2.50 bits per heavy atom. The molecule has 0 bridgehead atoms. The van der Waals surface area contributed by atoms with Gasteiger partial charge in [0, 0.05) is 13.5 Å². The number of ketones is 1. The molecule has 0 saturated heterocycles. The van der Waals surface area contributed by atoms with Crippen molar-refractivity contribution >= 4 is 5.78 Å². The topological polar surface area (TPSA) is 26.3 Å². The van der Waals surface area contributed by atoms with Crippen molar-refractivity contribution in [1.82, 2.24) is 0 Å². The molecule has 0 aromatic heterocycles. The van der Waals surface area contributed by atoms with E-state index in [-0.39, 0.29) is 6.10 Å². The van der Waals surface area contributed by atoms with Gasteiger partial charge in [-0.25, -0.2) is 0 Å². The average Bonchev–Trinajstić information content (AvgIpc) is 2.89. The average molecular weight is 198 g/mol. The molecule has 0 spiro atoms. The van der Waals surface area contributed by atoms with Gasteiger partial charge in [-0.15, -0.1) is 0 Å². The molecule has 1 unspecified atom stereocenters. The molecule has 1 rings (SSSR count). The van der Waals surface area contributed by atoms with Gasteiger partial charge < -0.3 is 4.74 Å². The van der Waals surface area contributed by atoms with Crippen LogP contribution in [0, 0.1) is 11.8 Å². The highest BCUT2D eigenvalue weighted by Gasteiger charge is 2.35. The van der Waals surface area contributed by atoms with Gasteiger partial charge in [0.05, 0.1) is 0 Å². The second kappa shape index (κ2) is 5.50. The molecule has 0 radical (unpaired) electrons. The van der Waals surface area contributed by atoms with E-state index >= 15 is 0 Å². The Bertz CT molecular complexity index is 183. The number of rotatable bonds is 7. The highest BCUT2D eigenvalue weighted by molar-refractivity contribution is 5.83. The van der Waals surface area contributed by atoms with Crippen molar-refractivity contribution in [2.45, 2.75) is 52.1 Å². The quantitative estimate of drug-likeness (QED) is 0.628. The Morgan fingerprint density at radius 2 is 2.07 bits per heavy atom. The zero-order valence-electron chi connectivity index (χ0n) is 9.58. The van der Waals surface area contributed by atoms with E-state index in [1.165, 1.54) is 12.8 Å². The van der Waals surface area contributed by atoms with Crippen molar-refractivity contribution in [3.8, 4) is 0 Å². The first-order valence-corrected chi connectivity index (χ1v) is 5.70. The van der Waals surface area contributed by atoms with Crippen LogP contribution >= 0.6 is 0 Å². The van der Waals surface area contributed by atoms with Gasteiger partial charge in [-0.05, 0) is 31.1 Å². The van der Waals surface area contributed by atoms with Gasteiger partial charge in [-0.1, -0.05) is 20.3 Å². The maximum Gasteiger partial charge on any atom is 0.161 e. The molecule has 0 aromatic carbocycles. The predicted molar refractivity (Wildman–Crippen MR) is 57.2 cm³/mol. The van der Waals surface area contributed by atoms with E-state index in [0.29, 0.717) is 24.0 Å². The number of ether oxygens (including phenoxy) is 1.